The maximum absolute atomic E-state index is 9.28. The summed E-state index contributed by atoms with van der Waals surface area (Å²) in [4.78, 5) is 8.00. The average molecular weight is 229 g/mol. The summed E-state index contributed by atoms with van der Waals surface area (Å²) >= 11 is 0. The molecule has 1 aromatic heterocycles. The topological polar surface area (TPSA) is 60.9 Å². The molecule has 0 unspecified atom stereocenters. The highest BCUT2D eigenvalue weighted by Gasteiger charge is 2.23. The predicted octanol–water partition coefficient (Wildman–Crippen LogP) is 1.78. The molecule has 17 heavy (non-hydrogen) atoms. The Labute approximate surface area is 99.7 Å². The number of aryl methyl sites for hydroxylation is 1. The molecule has 0 spiro atoms. The first-order valence-electron chi connectivity index (χ1n) is 5.80. The summed E-state index contributed by atoms with van der Waals surface area (Å²) in [5.74, 6) is 1.86. The van der Waals surface area contributed by atoms with Crippen molar-refractivity contribution in [3.8, 4) is 17.0 Å². The van der Waals surface area contributed by atoms with Gasteiger partial charge in [-0.25, -0.2) is 4.98 Å². The van der Waals surface area contributed by atoms with E-state index in [1.807, 2.05) is 19.1 Å². The number of H-pyrrole nitrogens is 1. The Kier molecular flexibility index (Phi) is 2.37. The maximum Gasteiger partial charge on any atom is 0.115 e. The van der Waals surface area contributed by atoms with Crippen molar-refractivity contribution < 1.29 is 5.11 Å². The van der Waals surface area contributed by atoms with E-state index < -0.39 is 0 Å². The van der Waals surface area contributed by atoms with Gasteiger partial charge >= 0.3 is 0 Å². The molecule has 1 aliphatic rings. The van der Waals surface area contributed by atoms with E-state index in [-0.39, 0.29) is 5.75 Å². The fourth-order valence-corrected chi connectivity index (χ4v) is 2.06. The van der Waals surface area contributed by atoms with Crippen LogP contribution in [0, 0.1) is 6.92 Å². The van der Waals surface area contributed by atoms with Crippen LogP contribution in [0.2, 0.25) is 0 Å². The van der Waals surface area contributed by atoms with Gasteiger partial charge in [0.15, 0.2) is 0 Å². The highest BCUT2D eigenvalue weighted by molar-refractivity contribution is 5.62. The van der Waals surface area contributed by atoms with E-state index in [0.717, 1.165) is 35.9 Å². The third kappa shape index (κ3) is 1.80. The third-order valence-electron chi connectivity index (χ3n) is 3.21. The van der Waals surface area contributed by atoms with Crippen molar-refractivity contribution >= 4 is 0 Å². The number of nitrogens with zero attached hydrogens (tertiary/aromatic N) is 1. The molecule has 0 bridgehead atoms. The maximum atomic E-state index is 9.28. The van der Waals surface area contributed by atoms with E-state index >= 15 is 0 Å². The molecule has 0 atom stereocenters. The van der Waals surface area contributed by atoms with Gasteiger partial charge in [-0.2, -0.15) is 0 Å². The Morgan fingerprint density at radius 3 is 2.53 bits per heavy atom. The number of benzene rings is 1. The number of hydrogen-bond acceptors (Lipinski definition) is 3. The molecule has 88 valence electrons. The van der Waals surface area contributed by atoms with Crippen molar-refractivity contribution in [2.45, 2.75) is 12.8 Å². The monoisotopic (exact) mass is 229 g/mol. The Bertz CT molecular complexity index is 526. The van der Waals surface area contributed by atoms with Gasteiger partial charge in [0.05, 0.1) is 5.69 Å². The number of aromatic amines is 1. The molecule has 0 radical (unpaired) electrons. The van der Waals surface area contributed by atoms with Gasteiger partial charge in [0.25, 0.3) is 0 Å². The summed E-state index contributed by atoms with van der Waals surface area (Å²) < 4.78 is 0. The summed E-state index contributed by atoms with van der Waals surface area (Å²) in [6, 6.07) is 7.16. The smallest absolute Gasteiger partial charge is 0.115 e. The molecule has 0 amide bonds. The molecule has 4 nitrogen and oxygen atoms in total. The summed E-state index contributed by atoms with van der Waals surface area (Å²) in [6.45, 7) is 4.04. The van der Waals surface area contributed by atoms with Gasteiger partial charge in [-0.05, 0) is 31.2 Å². The largest absolute Gasteiger partial charge is 0.508 e. The summed E-state index contributed by atoms with van der Waals surface area (Å²) in [7, 11) is 0. The fourth-order valence-electron chi connectivity index (χ4n) is 2.06. The van der Waals surface area contributed by atoms with Crippen LogP contribution in [0.5, 0.6) is 5.75 Å². The molecule has 3 rings (SSSR count). The van der Waals surface area contributed by atoms with E-state index in [0.29, 0.717) is 5.92 Å². The van der Waals surface area contributed by atoms with Crippen LogP contribution in [-0.2, 0) is 0 Å². The minimum absolute atomic E-state index is 0.283. The molecule has 3 N–H and O–H groups in total. The molecule has 0 aliphatic carbocycles. The molecular formula is C13H15N3O. The number of hydrogen-bond donors (Lipinski definition) is 3. The molecule has 1 saturated heterocycles. The lowest BCUT2D eigenvalue weighted by Gasteiger charge is -2.24. The van der Waals surface area contributed by atoms with Crippen molar-refractivity contribution in [2.75, 3.05) is 13.1 Å². The third-order valence-corrected chi connectivity index (χ3v) is 3.21. The minimum Gasteiger partial charge on any atom is -0.508 e. The zero-order chi connectivity index (χ0) is 11.8. The lowest BCUT2D eigenvalue weighted by Crippen LogP contribution is -2.40. The first kappa shape index (κ1) is 10.4. The van der Waals surface area contributed by atoms with Crippen molar-refractivity contribution in [3.05, 3.63) is 35.8 Å². The fraction of sp³-hybridized carbons (Fsp3) is 0.308. The zero-order valence-corrected chi connectivity index (χ0v) is 9.70. The van der Waals surface area contributed by atoms with Crippen LogP contribution < -0.4 is 5.32 Å². The second-order valence-electron chi connectivity index (χ2n) is 4.50. The van der Waals surface area contributed by atoms with Crippen molar-refractivity contribution in [3.63, 3.8) is 0 Å². The molecule has 1 fully saturated rings. The Morgan fingerprint density at radius 1 is 1.24 bits per heavy atom. The molecule has 1 aliphatic heterocycles. The number of phenolic OH excluding ortho intramolecular Hbond substituents is 1. The predicted molar refractivity (Wildman–Crippen MR) is 66.0 cm³/mol. The van der Waals surface area contributed by atoms with Crippen LogP contribution in [0.3, 0.4) is 0 Å². The van der Waals surface area contributed by atoms with Crippen LogP contribution in [0.1, 0.15) is 17.4 Å². The van der Waals surface area contributed by atoms with Gasteiger partial charge < -0.3 is 15.4 Å². The normalized spacial score (nSPS) is 15.8. The van der Waals surface area contributed by atoms with Crippen LogP contribution in [0.15, 0.2) is 24.3 Å². The van der Waals surface area contributed by atoms with Crippen molar-refractivity contribution in [2.24, 2.45) is 0 Å². The number of rotatable bonds is 2. The van der Waals surface area contributed by atoms with E-state index in [1.165, 1.54) is 0 Å². The van der Waals surface area contributed by atoms with Gasteiger partial charge in [0, 0.05) is 30.3 Å². The van der Waals surface area contributed by atoms with Crippen LogP contribution in [0.25, 0.3) is 11.3 Å². The first-order chi connectivity index (χ1) is 8.24. The molecule has 2 aromatic rings. The van der Waals surface area contributed by atoms with Gasteiger partial charge in [0.2, 0.25) is 0 Å². The molecule has 0 saturated carbocycles. The van der Waals surface area contributed by atoms with Crippen molar-refractivity contribution in [1.82, 2.24) is 15.3 Å². The van der Waals surface area contributed by atoms with Crippen LogP contribution >= 0.6 is 0 Å². The Balaban J connectivity index is 1.96. The van der Waals surface area contributed by atoms with Gasteiger partial charge in [-0.3, -0.25) is 0 Å². The number of nitrogens with one attached hydrogen (secondary N) is 2. The number of imidazole rings is 1. The number of aromatic nitrogens is 2. The average Bonchev–Trinajstić information content (AvgIpc) is 2.59. The molecular weight excluding hydrogens is 214 g/mol. The highest BCUT2D eigenvalue weighted by Crippen LogP contribution is 2.26. The summed E-state index contributed by atoms with van der Waals surface area (Å²) in [5.41, 5.74) is 3.10. The zero-order valence-electron chi connectivity index (χ0n) is 9.70. The second kappa shape index (κ2) is 3.89. The minimum atomic E-state index is 0.283. The Hall–Kier alpha value is -1.81. The Morgan fingerprint density at radius 2 is 1.94 bits per heavy atom. The van der Waals surface area contributed by atoms with E-state index in [1.54, 1.807) is 12.1 Å². The van der Waals surface area contributed by atoms with E-state index in [9.17, 15) is 5.11 Å². The molecule has 1 aromatic carbocycles. The van der Waals surface area contributed by atoms with Gasteiger partial charge in [-0.15, -0.1) is 0 Å². The lowest BCUT2D eigenvalue weighted by molar-refractivity contribution is 0.432. The highest BCUT2D eigenvalue weighted by atomic mass is 16.3. The molecule has 4 heteroatoms. The number of aromatic hydroxyl groups is 1. The van der Waals surface area contributed by atoms with Gasteiger partial charge in [-0.1, -0.05) is 0 Å². The first-order valence-corrected chi connectivity index (χ1v) is 5.80. The quantitative estimate of drug-likeness (QED) is 0.735. The summed E-state index contributed by atoms with van der Waals surface area (Å²) in [6.07, 6.45) is 0. The van der Waals surface area contributed by atoms with E-state index in [4.69, 9.17) is 0 Å². The lowest BCUT2D eigenvalue weighted by atomic mass is 10.0. The van der Waals surface area contributed by atoms with Crippen molar-refractivity contribution in [1.29, 1.82) is 0 Å². The summed E-state index contributed by atoms with van der Waals surface area (Å²) in [5, 5.41) is 12.5. The standard InChI is InChI=1S/C13H15N3O/c1-8-12(9-2-4-11(17)5-3-9)16-13(15-8)10-6-14-7-10/h2-5,10,14,17H,6-7H2,1H3,(H,15,16). The van der Waals surface area contributed by atoms with Crippen LogP contribution in [-0.4, -0.2) is 28.2 Å². The van der Waals surface area contributed by atoms with Crippen LogP contribution in [0.4, 0.5) is 0 Å². The second-order valence-corrected chi connectivity index (χ2v) is 4.50. The van der Waals surface area contributed by atoms with Gasteiger partial charge in [0.1, 0.15) is 11.6 Å². The van der Waals surface area contributed by atoms with E-state index in [2.05, 4.69) is 15.3 Å². The number of phenols is 1. The molecule has 2 heterocycles. The SMILES string of the molecule is Cc1[nH]c(C2CNC2)nc1-c1ccc(O)cc1.